The van der Waals surface area contributed by atoms with Gasteiger partial charge < -0.3 is 10.1 Å². The number of esters is 1. The number of thioether (sulfide) groups is 1. The molecule has 2 rings (SSSR count). The second-order valence-corrected chi connectivity index (χ2v) is 7.39. The fourth-order valence-electron chi connectivity index (χ4n) is 2.34. The van der Waals surface area contributed by atoms with Crippen LogP contribution in [0.1, 0.15) is 12.1 Å². The Hall–Kier alpha value is -1.80. The molecule has 0 saturated heterocycles. The van der Waals surface area contributed by atoms with Crippen LogP contribution in [0.5, 0.6) is 0 Å². The summed E-state index contributed by atoms with van der Waals surface area (Å²) in [5.41, 5.74) is 2.75. The van der Waals surface area contributed by atoms with Gasteiger partial charge in [-0.25, -0.2) is 0 Å². The van der Waals surface area contributed by atoms with E-state index in [1.807, 2.05) is 31.2 Å². The van der Waals surface area contributed by atoms with Crippen molar-refractivity contribution in [2.24, 2.45) is 7.05 Å². The van der Waals surface area contributed by atoms with Gasteiger partial charge in [0.15, 0.2) is 0 Å². The van der Waals surface area contributed by atoms with Crippen LogP contribution in [0.25, 0.3) is 11.1 Å². The number of carbonyl (C=O) groups excluding carboxylic acids is 2. The first-order chi connectivity index (χ1) is 11.9. The maximum Gasteiger partial charge on any atom is 0.315 e. The zero-order valence-electron chi connectivity index (χ0n) is 14.3. The van der Waals surface area contributed by atoms with Crippen molar-refractivity contribution < 1.29 is 14.3 Å². The molecule has 0 bridgehead atoms. The van der Waals surface area contributed by atoms with Crippen molar-refractivity contribution >= 4 is 45.4 Å². The number of carbonyl (C=O) groups is 2. The topological polar surface area (TPSA) is 73.2 Å². The van der Waals surface area contributed by atoms with Crippen LogP contribution in [0.4, 0.5) is 5.82 Å². The van der Waals surface area contributed by atoms with Crippen LogP contribution < -0.4 is 5.32 Å². The smallest absolute Gasteiger partial charge is 0.315 e. The lowest BCUT2D eigenvalue weighted by molar-refractivity contribution is -0.137. The first-order valence-corrected chi connectivity index (χ1v) is 9.61. The molecule has 134 valence electrons. The number of ether oxygens (including phenoxy) is 1. The van der Waals surface area contributed by atoms with E-state index >= 15 is 0 Å². The molecular formula is C17H20BrN3O3S. The van der Waals surface area contributed by atoms with E-state index in [1.165, 1.54) is 18.9 Å². The van der Waals surface area contributed by atoms with E-state index in [4.69, 9.17) is 0 Å². The van der Waals surface area contributed by atoms with Crippen LogP contribution in [0.3, 0.4) is 0 Å². The molecule has 0 aliphatic carbocycles. The Morgan fingerprint density at radius 1 is 1.32 bits per heavy atom. The third kappa shape index (κ3) is 5.34. The minimum absolute atomic E-state index is 0.112. The highest BCUT2D eigenvalue weighted by Crippen LogP contribution is 2.32. The minimum Gasteiger partial charge on any atom is -0.468 e. The minimum atomic E-state index is -0.287. The molecule has 0 spiro atoms. The Labute approximate surface area is 159 Å². The van der Waals surface area contributed by atoms with E-state index in [-0.39, 0.29) is 17.6 Å². The first-order valence-electron chi connectivity index (χ1n) is 7.66. The molecule has 0 radical (unpaired) electrons. The third-order valence-electron chi connectivity index (χ3n) is 3.53. The summed E-state index contributed by atoms with van der Waals surface area (Å²) in [6.07, 6.45) is 0.311. The van der Waals surface area contributed by atoms with Gasteiger partial charge in [-0.15, -0.1) is 11.8 Å². The third-order valence-corrected chi connectivity index (χ3v) is 5.00. The van der Waals surface area contributed by atoms with Crippen LogP contribution in [0.15, 0.2) is 28.7 Å². The Bertz CT molecular complexity index is 759. The number of halogens is 1. The Balaban J connectivity index is 2.05. The first kappa shape index (κ1) is 19.5. The molecular weight excluding hydrogens is 406 g/mol. The van der Waals surface area contributed by atoms with Crippen molar-refractivity contribution in [1.29, 1.82) is 0 Å². The maximum atomic E-state index is 12.2. The molecule has 0 aliphatic rings. The molecule has 1 N–H and O–H groups in total. The highest BCUT2D eigenvalue weighted by Gasteiger charge is 2.17. The normalized spacial score (nSPS) is 10.6. The highest BCUT2D eigenvalue weighted by molar-refractivity contribution is 9.10. The number of amides is 1. The number of benzene rings is 1. The standard InChI is InChI=1S/C17H20BrN3O3S/c1-11-16(12-4-6-13(18)7-5-12)17(21(2)20-11)19-14(22)8-9-25-10-15(23)24-3/h4-7H,8-10H2,1-3H3,(H,19,22). The second kappa shape index (κ2) is 9.05. The molecule has 8 heteroatoms. The van der Waals surface area contributed by atoms with Gasteiger partial charge >= 0.3 is 5.97 Å². The van der Waals surface area contributed by atoms with Crippen LogP contribution in [0.2, 0.25) is 0 Å². The molecule has 1 aromatic heterocycles. The number of methoxy groups -OCH3 is 1. The molecule has 0 atom stereocenters. The molecule has 1 aromatic carbocycles. The number of nitrogens with one attached hydrogen (secondary N) is 1. The molecule has 1 heterocycles. The largest absolute Gasteiger partial charge is 0.468 e. The molecule has 2 aromatic rings. The van der Waals surface area contributed by atoms with E-state index < -0.39 is 0 Å². The summed E-state index contributed by atoms with van der Waals surface area (Å²) in [6, 6.07) is 7.87. The monoisotopic (exact) mass is 425 g/mol. The number of hydrogen-bond acceptors (Lipinski definition) is 5. The number of aryl methyl sites for hydroxylation is 2. The van der Waals surface area contributed by atoms with Crippen molar-refractivity contribution in [2.75, 3.05) is 23.9 Å². The number of hydrogen-bond donors (Lipinski definition) is 1. The summed E-state index contributed by atoms with van der Waals surface area (Å²) < 4.78 is 7.23. The van der Waals surface area contributed by atoms with E-state index in [9.17, 15) is 9.59 Å². The van der Waals surface area contributed by atoms with Crippen molar-refractivity contribution in [1.82, 2.24) is 9.78 Å². The highest BCUT2D eigenvalue weighted by atomic mass is 79.9. The maximum absolute atomic E-state index is 12.2. The summed E-state index contributed by atoms with van der Waals surface area (Å²) in [6.45, 7) is 1.92. The summed E-state index contributed by atoms with van der Waals surface area (Å²) >= 11 is 4.80. The predicted molar refractivity (Wildman–Crippen MR) is 104 cm³/mol. The number of anilines is 1. The zero-order valence-corrected chi connectivity index (χ0v) is 16.7. The van der Waals surface area contributed by atoms with Gasteiger partial charge in [0.05, 0.1) is 18.6 Å². The lowest BCUT2D eigenvalue weighted by Gasteiger charge is -2.09. The van der Waals surface area contributed by atoms with Crippen LogP contribution in [-0.4, -0.2) is 40.3 Å². The Morgan fingerprint density at radius 3 is 2.64 bits per heavy atom. The Morgan fingerprint density at radius 2 is 2.00 bits per heavy atom. The summed E-state index contributed by atoms with van der Waals surface area (Å²) in [5.74, 6) is 1.07. The van der Waals surface area contributed by atoms with E-state index in [2.05, 4.69) is 31.1 Å². The fourth-order valence-corrected chi connectivity index (χ4v) is 3.36. The van der Waals surface area contributed by atoms with Crippen molar-refractivity contribution in [3.05, 3.63) is 34.4 Å². The molecule has 0 aliphatic heterocycles. The van der Waals surface area contributed by atoms with Crippen LogP contribution in [0, 0.1) is 6.92 Å². The summed E-state index contributed by atoms with van der Waals surface area (Å²) in [5, 5.41) is 7.35. The lowest BCUT2D eigenvalue weighted by atomic mass is 10.1. The molecule has 25 heavy (non-hydrogen) atoms. The van der Waals surface area contributed by atoms with Crippen molar-refractivity contribution in [3.8, 4) is 11.1 Å². The van der Waals surface area contributed by atoms with Crippen LogP contribution in [-0.2, 0) is 21.4 Å². The van der Waals surface area contributed by atoms with Gasteiger partial charge in [-0.3, -0.25) is 14.3 Å². The van der Waals surface area contributed by atoms with E-state index in [0.717, 1.165) is 21.3 Å². The van der Waals surface area contributed by atoms with Gasteiger partial charge in [-0.2, -0.15) is 5.10 Å². The molecule has 0 fully saturated rings. The molecule has 0 unspecified atom stereocenters. The van der Waals surface area contributed by atoms with Crippen LogP contribution >= 0.6 is 27.7 Å². The fraction of sp³-hybridized carbons (Fsp3) is 0.353. The number of aromatic nitrogens is 2. The van der Waals surface area contributed by atoms with E-state index in [1.54, 1.807) is 11.7 Å². The lowest BCUT2D eigenvalue weighted by Crippen LogP contribution is -2.16. The van der Waals surface area contributed by atoms with Gasteiger partial charge in [0.2, 0.25) is 5.91 Å². The average molecular weight is 426 g/mol. The van der Waals surface area contributed by atoms with Gasteiger partial charge in [0, 0.05) is 29.3 Å². The zero-order chi connectivity index (χ0) is 18.4. The van der Waals surface area contributed by atoms with Gasteiger partial charge in [-0.05, 0) is 24.6 Å². The van der Waals surface area contributed by atoms with Crippen molar-refractivity contribution in [3.63, 3.8) is 0 Å². The average Bonchev–Trinajstić information content (AvgIpc) is 2.86. The number of nitrogens with zero attached hydrogens (tertiary/aromatic N) is 2. The Kier molecular flexibility index (Phi) is 7.07. The summed E-state index contributed by atoms with van der Waals surface area (Å²) in [7, 11) is 3.15. The molecule has 1 amide bonds. The van der Waals surface area contributed by atoms with E-state index in [0.29, 0.717) is 18.0 Å². The quantitative estimate of drug-likeness (QED) is 0.543. The van der Waals surface area contributed by atoms with Gasteiger partial charge in [0.25, 0.3) is 0 Å². The van der Waals surface area contributed by atoms with Gasteiger partial charge in [0.1, 0.15) is 5.82 Å². The summed E-state index contributed by atoms with van der Waals surface area (Å²) in [4.78, 5) is 23.3. The predicted octanol–water partition coefficient (Wildman–Crippen LogP) is 3.39. The SMILES string of the molecule is COC(=O)CSCCC(=O)Nc1c(-c2ccc(Br)cc2)c(C)nn1C. The molecule has 0 saturated carbocycles. The number of rotatable bonds is 7. The van der Waals surface area contributed by atoms with Gasteiger partial charge in [-0.1, -0.05) is 28.1 Å². The van der Waals surface area contributed by atoms with Crippen molar-refractivity contribution in [2.45, 2.75) is 13.3 Å². The molecule has 6 nitrogen and oxygen atoms in total. The second-order valence-electron chi connectivity index (χ2n) is 5.37.